The minimum atomic E-state index is 0.664. The molecule has 100 valence electrons. The number of benzene rings is 1. The van der Waals surface area contributed by atoms with Crippen LogP contribution in [0.2, 0.25) is 5.02 Å². The van der Waals surface area contributed by atoms with E-state index in [0.717, 1.165) is 40.9 Å². The zero-order valence-corrected chi connectivity index (χ0v) is 11.7. The Morgan fingerprint density at radius 2 is 2.21 bits per heavy atom. The third kappa shape index (κ3) is 2.45. The summed E-state index contributed by atoms with van der Waals surface area (Å²) < 4.78 is 2.22. The zero-order valence-electron chi connectivity index (χ0n) is 11.0. The van der Waals surface area contributed by atoms with Gasteiger partial charge in [-0.25, -0.2) is 0 Å². The van der Waals surface area contributed by atoms with Crippen LogP contribution in [-0.4, -0.2) is 14.8 Å². The molecule has 1 aromatic heterocycles. The first kappa shape index (κ1) is 12.5. The number of rotatable bonds is 3. The Bertz CT molecular complexity index is 571. The van der Waals surface area contributed by atoms with Crippen molar-refractivity contribution in [2.24, 2.45) is 0 Å². The summed E-state index contributed by atoms with van der Waals surface area (Å²) in [7, 11) is 0. The molecule has 0 saturated carbocycles. The van der Waals surface area contributed by atoms with Crippen LogP contribution < -0.4 is 5.32 Å². The molecule has 1 aromatic carbocycles. The van der Waals surface area contributed by atoms with Crippen molar-refractivity contribution in [1.82, 2.24) is 14.8 Å². The van der Waals surface area contributed by atoms with E-state index in [0.29, 0.717) is 6.54 Å². The Kier molecular flexibility index (Phi) is 3.42. The maximum Gasteiger partial charge on any atom is 0.152 e. The molecule has 1 aliphatic rings. The van der Waals surface area contributed by atoms with E-state index < -0.39 is 0 Å². The van der Waals surface area contributed by atoms with Crippen molar-refractivity contribution in [2.75, 3.05) is 5.32 Å². The van der Waals surface area contributed by atoms with Gasteiger partial charge in [-0.05, 0) is 31.4 Å². The van der Waals surface area contributed by atoms with Gasteiger partial charge in [0.2, 0.25) is 0 Å². The van der Waals surface area contributed by atoms with Crippen molar-refractivity contribution >= 4 is 17.3 Å². The van der Waals surface area contributed by atoms with E-state index in [2.05, 4.69) is 20.1 Å². The van der Waals surface area contributed by atoms with Crippen LogP contribution in [0.25, 0.3) is 0 Å². The number of nitrogens with zero attached hydrogens (tertiary/aromatic N) is 3. The molecule has 3 rings (SSSR count). The van der Waals surface area contributed by atoms with Gasteiger partial charge in [0, 0.05) is 13.0 Å². The monoisotopic (exact) mass is 276 g/mol. The molecule has 0 fully saturated rings. The van der Waals surface area contributed by atoms with E-state index in [4.69, 9.17) is 11.6 Å². The van der Waals surface area contributed by atoms with Crippen LogP contribution in [0.4, 0.5) is 5.69 Å². The molecule has 4 nitrogen and oxygen atoms in total. The summed E-state index contributed by atoms with van der Waals surface area (Å²) in [5.41, 5.74) is 2.13. The number of hydrogen-bond acceptors (Lipinski definition) is 3. The number of para-hydroxylation sites is 1. The molecule has 0 bridgehead atoms. The summed E-state index contributed by atoms with van der Waals surface area (Å²) in [6, 6.07) is 5.91. The number of anilines is 1. The second-order valence-corrected chi connectivity index (χ2v) is 5.33. The van der Waals surface area contributed by atoms with Crippen molar-refractivity contribution in [1.29, 1.82) is 0 Å². The molecule has 0 atom stereocenters. The SMILES string of the molecule is Cc1cccc(Cl)c1NCc1nnc2n1CCCC2. The van der Waals surface area contributed by atoms with Crippen LogP contribution >= 0.6 is 11.6 Å². The van der Waals surface area contributed by atoms with Gasteiger partial charge in [-0.15, -0.1) is 10.2 Å². The van der Waals surface area contributed by atoms with Crippen LogP contribution in [0.15, 0.2) is 18.2 Å². The van der Waals surface area contributed by atoms with E-state index in [1.165, 1.54) is 12.8 Å². The number of hydrogen-bond donors (Lipinski definition) is 1. The van der Waals surface area contributed by atoms with Gasteiger partial charge >= 0.3 is 0 Å². The lowest BCUT2D eigenvalue weighted by atomic mass is 10.1. The molecule has 0 spiro atoms. The number of aryl methyl sites for hydroxylation is 2. The topological polar surface area (TPSA) is 42.7 Å². The second kappa shape index (κ2) is 5.21. The average Bonchev–Trinajstić information content (AvgIpc) is 2.82. The van der Waals surface area contributed by atoms with Gasteiger partial charge in [-0.1, -0.05) is 23.7 Å². The summed E-state index contributed by atoms with van der Waals surface area (Å²) >= 11 is 6.21. The standard InChI is InChI=1S/C14H17ClN4/c1-10-5-4-6-11(15)14(10)16-9-13-18-17-12-7-2-3-8-19(12)13/h4-6,16H,2-3,7-9H2,1H3. The van der Waals surface area contributed by atoms with Crippen LogP contribution in [0, 0.1) is 6.92 Å². The van der Waals surface area contributed by atoms with Crippen LogP contribution in [0.5, 0.6) is 0 Å². The molecule has 5 heteroatoms. The molecular formula is C14H17ClN4. The van der Waals surface area contributed by atoms with Gasteiger partial charge < -0.3 is 9.88 Å². The van der Waals surface area contributed by atoms with Gasteiger partial charge in [0.1, 0.15) is 5.82 Å². The molecular weight excluding hydrogens is 260 g/mol. The summed E-state index contributed by atoms with van der Waals surface area (Å²) in [6.07, 6.45) is 3.47. The van der Waals surface area contributed by atoms with Gasteiger partial charge in [0.15, 0.2) is 5.82 Å². The van der Waals surface area contributed by atoms with E-state index in [-0.39, 0.29) is 0 Å². The number of halogens is 1. The second-order valence-electron chi connectivity index (χ2n) is 4.93. The third-order valence-corrected chi connectivity index (χ3v) is 3.90. The largest absolute Gasteiger partial charge is 0.376 e. The third-order valence-electron chi connectivity index (χ3n) is 3.58. The lowest BCUT2D eigenvalue weighted by molar-refractivity contribution is 0.510. The van der Waals surface area contributed by atoms with Gasteiger partial charge in [0.25, 0.3) is 0 Å². The normalized spacial score (nSPS) is 14.2. The van der Waals surface area contributed by atoms with E-state index in [1.54, 1.807) is 0 Å². The highest BCUT2D eigenvalue weighted by Crippen LogP contribution is 2.26. The smallest absolute Gasteiger partial charge is 0.152 e. The molecule has 0 amide bonds. The summed E-state index contributed by atoms with van der Waals surface area (Å²) in [5.74, 6) is 2.10. The number of fused-ring (bicyclic) bond motifs is 1. The Hall–Kier alpha value is -1.55. The fourth-order valence-electron chi connectivity index (χ4n) is 2.52. The van der Waals surface area contributed by atoms with E-state index in [1.807, 2.05) is 25.1 Å². The molecule has 0 radical (unpaired) electrons. The highest BCUT2D eigenvalue weighted by molar-refractivity contribution is 6.33. The van der Waals surface area contributed by atoms with Crippen LogP contribution in [0.3, 0.4) is 0 Å². The quantitative estimate of drug-likeness (QED) is 0.936. The summed E-state index contributed by atoms with van der Waals surface area (Å²) in [5, 5.41) is 12.7. The minimum absolute atomic E-state index is 0.664. The highest BCUT2D eigenvalue weighted by Gasteiger charge is 2.15. The first-order valence-corrected chi connectivity index (χ1v) is 7.03. The zero-order chi connectivity index (χ0) is 13.2. The lowest BCUT2D eigenvalue weighted by Crippen LogP contribution is -2.15. The van der Waals surface area contributed by atoms with Crippen LogP contribution in [-0.2, 0) is 19.5 Å². The Morgan fingerprint density at radius 3 is 3.05 bits per heavy atom. The van der Waals surface area contributed by atoms with Crippen molar-refractivity contribution in [3.63, 3.8) is 0 Å². The predicted octanol–water partition coefficient (Wildman–Crippen LogP) is 3.19. The van der Waals surface area contributed by atoms with Crippen molar-refractivity contribution in [3.05, 3.63) is 40.4 Å². The van der Waals surface area contributed by atoms with Crippen molar-refractivity contribution in [2.45, 2.75) is 39.3 Å². The molecule has 1 N–H and O–H groups in total. The maximum atomic E-state index is 6.21. The fraction of sp³-hybridized carbons (Fsp3) is 0.429. The Labute approximate surface area is 117 Å². The predicted molar refractivity (Wildman–Crippen MR) is 76.5 cm³/mol. The first-order valence-electron chi connectivity index (χ1n) is 6.65. The minimum Gasteiger partial charge on any atom is -0.376 e. The number of aromatic nitrogens is 3. The highest BCUT2D eigenvalue weighted by atomic mass is 35.5. The molecule has 0 saturated heterocycles. The molecule has 19 heavy (non-hydrogen) atoms. The molecule has 0 aliphatic carbocycles. The Morgan fingerprint density at radius 1 is 1.32 bits per heavy atom. The fourth-order valence-corrected chi connectivity index (χ4v) is 2.81. The van der Waals surface area contributed by atoms with Gasteiger partial charge in [-0.2, -0.15) is 0 Å². The van der Waals surface area contributed by atoms with E-state index >= 15 is 0 Å². The first-order chi connectivity index (χ1) is 9.25. The van der Waals surface area contributed by atoms with Gasteiger partial charge in [-0.3, -0.25) is 0 Å². The van der Waals surface area contributed by atoms with E-state index in [9.17, 15) is 0 Å². The van der Waals surface area contributed by atoms with Crippen molar-refractivity contribution in [3.8, 4) is 0 Å². The molecule has 2 aromatic rings. The lowest BCUT2D eigenvalue weighted by Gasteiger charge is -2.16. The molecule has 1 aliphatic heterocycles. The van der Waals surface area contributed by atoms with Crippen LogP contribution in [0.1, 0.15) is 30.1 Å². The number of nitrogens with one attached hydrogen (secondary N) is 1. The summed E-state index contributed by atoms with van der Waals surface area (Å²) in [4.78, 5) is 0. The Balaban J connectivity index is 1.78. The summed E-state index contributed by atoms with van der Waals surface area (Å²) in [6.45, 7) is 3.74. The molecule has 2 heterocycles. The van der Waals surface area contributed by atoms with Crippen molar-refractivity contribution < 1.29 is 0 Å². The maximum absolute atomic E-state index is 6.21. The van der Waals surface area contributed by atoms with Gasteiger partial charge in [0.05, 0.1) is 17.3 Å². The molecule has 0 unspecified atom stereocenters. The average molecular weight is 277 g/mol.